The number of aryl methyl sites for hydroxylation is 2. The number of rotatable bonds is 7. The number of allylic oxidation sites excluding steroid dienone is 1. The molecule has 0 aliphatic heterocycles. The lowest BCUT2D eigenvalue weighted by molar-refractivity contribution is 0.0770. The highest BCUT2D eigenvalue weighted by atomic mass is 16.5. The van der Waals surface area contributed by atoms with Gasteiger partial charge in [0, 0.05) is 47.2 Å². The number of fused-ring (bicyclic) bond motifs is 1. The van der Waals surface area contributed by atoms with Crippen LogP contribution in [0, 0.1) is 20.8 Å². The Balaban J connectivity index is 1.53. The molecule has 0 radical (unpaired) electrons. The third-order valence-corrected chi connectivity index (χ3v) is 6.25. The fourth-order valence-corrected chi connectivity index (χ4v) is 4.49. The zero-order chi connectivity index (χ0) is 22.7. The average Bonchev–Trinajstić information content (AvgIpc) is 3.23. The first-order valence-electron chi connectivity index (χ1n) is 11.3. The van der Waals surface area contributed by atoms with E-state index in [1.165, 1.54) is 6.42 Å². The first-order chi connectivity index (χ1) is 15.4. The molecule has 1 unspecified atom stereocenters. The van der Waals surface area contributed by atoms with Crippen LogP contribution in [0.5, 0.6) is 0 Å². The van der Waals surface area contributed by atoms with Crippen molar-refractivity contribution in [1.29, 1.82) is 0 Å². The van der Waals surface area contributed by atoms with Crippen molar-refractivity contribution in [2.24, 2.45) is 0 Å². The van der Waals surface area contributed by atoms with Crippen LogP contribution in [0.2, 0.25) is 0 Å². The minimum absolute atomic E-state index is 0.156. The van der Waals surface area contributed by atoms with Gasteiger partial charge in [-0.2, -0.15) is 0 Å². The van der Waals surface area contributed by atoms with Crippen molar-refractivity contribution in [3.63, 3.8) is 0 Å². The van der Waals surface area contributed by atoms with E-state index in [-0.39, 0.29) is 24.1 Å². The van der Waals surface area contributed by atoms with Gasteiger partial charge in [-0.05, 0) is 75.4 Å². The molecule has 168 valence electrons. The smallest absolute Gasteiger partial charge is 0.253 e. The lowest BCUT2D eigenvalue weighted by Gasteiger charge is -2.19. The predicted molar refractivity (Wildman–Crippen MR) is 126 cm³/mol. The van der Waals surface area contributed by atoms with Gasteiger partial charge in [0.25, 0.3) is 11.5 Å². The highest BCUT2D eigenvalue weighted by molar-refractivity contribution is 5.97. The summed E-state index contributed by atoms with van der Waals surface area (Å²) in [6, 6.07) is 7.81. The molecule has 1 aliphatic carbocycles. The third kappa shape index (κ3) is 4.70. The minimum atomic E-state index is -0.178. The quantitative estimate of drug-likeness (QED) is 0.550. The first kappa shape index (κ1) is 22.1. The van der Waals surface area contributed by atoms with Crippen molar-refractivity contribution < 1.29 is 9.53 Å². The first-order valence-corrected chi connectivity index (χ1v) is 11.3. The molecule has 1 amide bonds. The Hall–Kier alpha value is -3.12. The number of H-pyrrole nitrogens is 1. The fraction of sp³-hybridized carbons (Fsp3) is 0.385. The second kappa shape index (κ2) is 9.57. The zero-order valence-electron chi connectivity index (χ0n) is 19.0. The molecule has 0 aromatic carbocycles. The maximum absolute atomic E-state index is 13.1. The van der Waals surface area contributed by atoms with E-state index in [4.69, 9.17) is 4.74 Å². The molecule has 0 spiro atoms. The van der Waals surface area contributed by atoms with Gasteiger partial charge in [-0.15, -0.1) is 0 Å². The van der Waals surface area contributed by atoms with Crippen LogP contribution in [0.1, 0.15) is 57.7 Å². The van der Waals surface area contributed by atoms with Crippen molar-refractivity contribution in [2.75, 3.05) is 6.61 Å². The summed E-state index contributed by atoms with van der Waals surface area (Å²) in [4.78, 5) is 28.2. The highest BCUT2D eigenvalue weighted by Gasteiger charge is 2.17. The molecule has 1 atom stereocenters. The Morgan fingerprint density at radius 2 is 2.12 bits per heavy atom. The summed E-state index contributed by atoms with van der Waals surface area (Å²) in [5, 5.41) is 2.94. The number of hydrogen-bond donors (Lipinski definition) is 2. The molecule has 6 nitrogen and oxygen atoms in total. The van der Waals surface area contributed by atoms with Gasteiger partial charge in [0.2, 0.25) is 0 Å². The number of aromatic amines is 1. The van der Waals surface area contributed by atoms with E-state index >= 15 is 0 Å². The van der Waals surface area contributed by atoms with E-state index in [1.807, 2.05) is 51.2 Å². The van der Waals surface area contributed by atoms with Gasteiger partial charge >= 0.3 is 0 Å². The minimum Gasteiger partial charge on any atom is -0.374 e. The zero-order valence-corrected chi connectivity index (χ0v) is 19.0. The van der Waals surface area contributed by atoms with E-state index < -0.39 is 0 Å². The number of amides is 1. The van der Waals surface area contributed by atoms with Crippen LogP contribution in [0.15, 0.2) is 47.4 Å². The van der Waals surface area contributed by atoms with Crippen molar-refractivity contribution in [3.05, 3.63) is 86.6 Å². The van der Waals surface area contributed by atoms with Crippen LogP contribution >= 0.6 is 0 Å². The Morgan fingerprint density at radius 1 is 1.28 bits per heavy atom. The van der Waals surface area contributed by atoms with Crippen LogP contribution in [0.25, 0.3) is 5.52 Å². The summed E-state index contributed by atoms with van der Waals surface area (Å²) in [7, 11) is 0. The molecule has 0 saturated carbocycles. The summed E-state index contributed by atoms with van der Waals surface area (Å²) in [6.45, 7) is 6.52. The van der Waals surface area contributed by atoms with Gasteiger partial charge in [0.05, 0.1) is 12.7 Å². The SMILES string of the molecule is Cc1cc(C)c(CNC(=O)c2cc3cccn3c(CCOC3C=CCCC3)c2C)c(=O)[nH]1. The fourth-order valence-electron chi connectivity index (χ4n) is 4.49. The van der Waals surface area contributed by atoms with Crippen LogP contribution < -0.4 is 10.9 Å². The molecule has 0 bridgehead atoms. The van der Waals surface area contributed by atoms with Crippen LogP contribution in [-0.2, 0) is 17.7 Å². The molecule has 0 fully saturated rings. The van der Waals surface area contributed by atoms with Crippen LogP contribution in [-0.4, -0.2) is 28.0 Å². The van der Waals surface area contributed by atoms with Crippen molar-refractivity contribution >= 4 is 11.4 Å². The summed E-state index contributed by atoms with van der Waals surface area (Å²) < 4.78 is 8.20. The Bertz CT molecular complexity index is 1220. The number of carbonyl (C=O) groups excluding carboxylic acids is 1. The maximum Gasteiger partial charge on any atom is 0.253 e. The molecule has 3 aromatic rings. The van der Waals surface area contributed by atoms with Crippen molar-refractivity contribution in [3.8, 4) is 0 Å². The molecule has 2 N–H and O–H groups in total. The van der Waals surface area contributed by atoms with Crippen LogP contribution in [0.4, 0.5) is 0 Å². The average molecular weight is 434 g/mol. The summed E-state index contributed by atoms with van der Waals surface area (Å²) in [5.41, 5.74) is 5.72. The van der Waals surface area contributed by atoms with E-state index in [9.17, 15) is 9.59 Å². The lowest BCUT2D eigenvalue weighted by atomic mass is 10.0. The number of ether oxygens (including phenoxy) is 1. The van der Waals surface area contributed by atoms with Crippen LogP contribution in [0.3, 0.4) is 0 Å². The second-order valence-electron chi connectivity index (χ2n) is 8.58. The molecule has 4 rings (SSSR count). The Labute approximate surface area is 188 Å². The molecule has 6 heteroatoms. The van der Waals surface area contributed by atoms with E-state index in [0.29, 0.717) is 17.7 Å². The van der Waals surface area contributed by atoms with Crippen molar-refractivity contribution in [2.45, 2.75) is 59.1 Å². The lowest BCUT2D eigenvalue weighted by Crippen LogP contribution is -2.29. The summed E-state index contributed by atoms with van der Waals surface area (Å²) in [5.74, 6) is -0.178. The van der Waals surface area contributed by atoms with Gasteiger partial charge in [0.15, 0.2) is 0 Å². The number of aromatic nitrogens is 2. The highest BCUT2D eigenvalue weighted by Crippen LogP contribution is 2.21. The molecule has 0 saturated heterocycles. The summed E-state index contributed by atoms with van der Waals surface area (Å²) in [6.07, 6.45) is 10.6. The van der Waals surface area contributed by atoms with Gasteiger partial charge in [-0.3, -0.25) is 9.59 Å². The molecule has 3 aromatic heterocycles. The molecule has 32 heavy (non-hydrogen) atoms. The standard InChI is InChI=1S/C26H31N3O3/c1-17-14-18(2)28-26(31)23(17)16-27-25(30)22-15-20-8-7-12-29(20)24(19(22)3)11-13-32-21-9-5-4-6-10-21/h5,7-9,12,14-15,21H,4,6,10-11,13,16H2,1-3H3,(H,27,30)(H,28,31). The Morgan fingerprint density at radius 3 is 2.88 bits per heavy atom. The van der Waals surface area contributed by atoms with Gasteiger partial charge in [-0.1, -0.05) is 12.2 Å². The number of nitrogens with one attached hydrogen (secondary N) is 2. The normalized spacial score (nSPS) is 15.9. The van der Waals surface area contributed by atoms with Gasteiger partial charge < -0.3 is 19.4 Å². The molecule has 1 aliphatic rings. The molecular formula is C26H31N3O3. The third-order valence-electron chi connectivity index (χ3n) is 6.25. The van der Waals surface area contributed by atoms with E-state index in [2.05, 4.69) is 26.9 Å². The van der Waals surface area contributed by atoms with E-state index in [1.54, 1.807) is 0 Å². The van der Waals surface area contributed by atoms with Gasteiger partial charge in [0.1, 0.15) is 0 Å². The summed E-state index contributed by atoms with van der Waals surface area (Å²) >= 11 is 0. The second-order valence-corrected chi connectivity index (χ2v) is 8.58. The topological polar surface area (TPSA) is 75.6 Å². The largest absolute Gasteiger partial charge is 0.374 e. The number of hydrogen-bond acceptors (Lipinski definition) is 3. The molecular weight excluding hydrogens is 402 g/mol. The maximum atomic E-state index is 13.1. The number of nitrogens with zero attached hydrogens (tertiary/aromatic N) is 1. The monoisotopic (exact) mass is 433 g/mol. The number of carbonyl (C=O) groups is 1. The predicted octanol–water partition coefficient (Wildman–Crippen LogP) is 4.15. The number of pyridine rings is 2. The Kier molecular flexibility index (Phi) is 6.61. The molecule has 3 heterocycles. The van der Waals surface area contributed by atoms with E-state index in [0.717, 1.165) is 47.3 Å². The van der Waals surface area contributed by atoms with Gasteiger partial charge in [-0.25, -0.2) is 0 Å². The van der Waals surface area contributed by atoms with Crippen molar-refractivity contribution in [1.82, 2.24) is 14.7 Å².